The lowest BCUT2D eigenvalue weighted by Crippen LogP contribution is -2.22. The van der Waals surface area contributed by atoms with Gasteiger partial charge in [-0.1, -0.05) is 128 Å². The van der Waals surface area contributed by atoms with Gasteiger partial charge >= 0.3 is 0 Å². The first-order valence-electron chi connectivity index (χ1n) is 20.0. The van der Waals surface area contributed by atoms with Crippen molar-refractivity contribution in [3.05, 3.63) is 59.7 Å². The number of rotatable bonds is 30. The minimum absolute atomic E-state index is 0.0803. The normalized spacial score (nSPS) is 11.4. The molecule has 2 rings (SSSR count). The number of benzene rings is 2. The molecule has 276 valence electrons. The number of amides is 2. The van der Waals surface area contributed by atoms with E-state index < -0.39 is 0 Å². The number of hydrogen-bond acceptors (Lipinski definition) is 4. The third-order valence-electron chi connectivity index (χ3n) is 9.56. The van der Waals surface area contributed by atoms with Gasteiger partial charge in [0.1, 0.15) is 0 Å². The second-order valence-electron chi connectivity index (χ2n) is 14.4. The average molecular weight is 677 g/mol. The first-order valence-corrected chi connectivity index (χ1v) is 20.0. The molecule has 0 atom stereocenters. The van der Waals surface area contributed by atoms with E-state index in [1.54, 1.807) is 0 Å². The molecule has 0 fully saturated rings. The van der Waals surface area contributed by atoms with E-state index in [0.29, 0.717) is 12.8 Å². The molecule has 2 amide bonds. The first kappa shape index (κ1) is 42.5. The molecule has 6 nitrogen and oxygen atoms in total. The smallest absolute Gasteiger partial charge is 0.224 e. The summed E-state index contributed by atoms with van der Waals surface area (Å²) in [6.07, 6.45) is 25.1. The summed E-state index contributed by atoms with van der Waals surface area (Å²) in [7, 11) is 4.34. The van der Waals surface area contributed by atoms with Crippen molar-refractivity contribution in [3.8, 4) is 0 Å². The molecule has 0 aliphatic rings. The monoisotopic (exact) mass is 677 g/mol. The van der Waals surface area contributed by atoms with E-state index in [9.17, 15) is 9.59 Å². The van der Waals surface area contributed by atoms with Gasteiger partial charge in [0.25, 0.3) is 0 Å². The molecule has 0 aliphatic carbocycles. The highest BCUT2D eigenvalue weighted by Gasteiger charge is 2.07. The molecule has 0 aromatic heterocycles. The number of nitrogens with zero attached hydrogens (tertiary/aromatic N) is 2. The van der Waals surface area contributed by atoms with Crippen LogP contribution >= 0.6 is 0 Å². The van der Waals surface area contributed by atoms with Crippen LogP contribution < -0.4 is 10.6 Å². The summed E-state index contributed by atoms with van der Waals surface area (Å²) in [6, 6.07) is 16.3. The van der Waals surface area contributed by atoms with Crippen LogP contribution in [0.4, 0.5) is 11.4 Å². The maximum atomic E-state index is 12.5. The Morgan fingerprint density at radius 2 is 0.755 bits per heavy atom. The van der Waals surface area contributed by atoms with Gasteiger partial charge in [-0.25, -0.2) is 0 Å². The van der Waals surface area contributed by atoms with Gasteiger partial charge in [0, 0.05) is 24.2 Å². The maximum absolute atomic E-state index is 12.5. The van der Waals surface area contributed by atoms with E-state index >= 15 is 0 Å². The lowest BCUT2D eigenvalue weighted by atomic mass is 10.0. The summed E-state index contributed by atoms with van der Waals surface area (Å²) in [5.74, 6) is 0.161. The number of carbonyl (C=O) groups is 2. The van der Waals surface area contributed by atoms with Crippen molar-refractivity contribution in [2.24, 2.45) is 0 Å². The number of carbonyl (C=O) groups excluding carboxylic acids is 2. The fourth-order valence-electron chi connectivity index (χ4n) is 6.37. The number of anilines is 2. The summed E-state index contributed by atoms with van der Waals surface area (Å²) in [4.78, 5) is 29.7. The Bertz CT molecular complexity index is 1010. The molecule has 0 unspecified atom stereocenters. The Balaban J connectivity index is 1.55. The molecule has 2 aromatic rings. The quantitative estimate of drug-likeness (QED) is 0.0808. The SMILES string of the molecule is CCCCCCCCCCN(C)CCCC(=O)Nc1ccc(Cc2ccc(NC(=O)CCCN(C)CCCCCCCCCC)cc2)cc1. The molecule has 0 saturated carbocycles. The fourth-order valence-corrected chi connectivity index (χ4v) is 6.37. The summed E-state index contributed by atoms with van der Waals surface area (Å²) < 4.78 is 0. The Morgan fingerprint density at radius 3 is 1.10 bits per heavy atom. The van der Waals surface area contributed by atoms with Crippen LogP contribution in [0.2, 0.25) is 0 Å². The average Bonchev–Trinajstić information content (AvgIpc) is 3.09. The fraction of sp³-hybridized carbons (Fsp3) is 0.674. The lowest BCUT2D eigenvalue weighted by molar-refractivity contribution is -0.117. The van der Waals surface area contributed by atoms with E-state index in [0.717, 1.165) is 56.8 Å². The van der Waals surface area contributed by atoms with Crippen LogP contribution in [0.3, 0.4) is 0 Å². The van der Waals surface area contributed by atoms with Crippen LogP contribution in [0.1, 0.15) is 153 Å². The minimum atomic E-state index is 0.0803. The standard InChI is InChI=1S/C43H72N4O2/c1-5-7-9-11-13-15-17-19-33-46(3)35-21-23-42(48)44-40-29-25-38(26-30-40)37-39-27-31-41(32-28-39)45-43(49)24-22-36-47(4)34-20-18-16-14-12-10-8-6-2/h25-32H,5-24,33-37H2,1-4H3,(H,44,48)(H,45,49). The summed E-state index contributed by atoms with van der Waals surface area (Å²) >= 11 is 0. The Labute approximate surface area is 301 Å². The van der Waals surface area contributed by atoms with Gasteiger partial charge in [0.2, 0.25) is 11.8 Å². The molecule has 6 heteroatoms. The lowest BCUT2D eigenvalue weighted by Gasteiger charge is -2.16. The zero-order valence-corrected chi connectivity index (χ0v) is 32.0. The zero-order chi connectivity index (χ0) is 35.4. The molecule has 49 heavy (non-hydrogen) atoms. The van der Waals surface area contributed by atoms with Crippen molar-refractivity contribution in [1.29, 1.82) is 0 Å². The van der Waals surface area contributed by atoms with Gasteiger partial charge in [-0.2, -0.15) is 0 Å². The van der Waals surface area contributed by atoms with E-state index in [-0.39, 0.29) is 11.8 Å². The second-order valence-corrected chi connectivity index (χ2v) is 14.4. The number of hydrogen-bond donors (Lipinski definition) is 2. The zero-order valence-electron chi connectivity index (χ0n) is 32.0. The van der Waals surface area contributed by atoms with Gasteiger partial charge in [-0.3, -0.25) is 9.59 Å². The number of unbranched alkanes of at least 4 members (excludes halogenated alkanes) is 14. The predicted octanol–water partition coefficient (Wildman–Crippen LogP) is 10.9. The molecule has 2 aromatic carbocycles. The summed E-state index contributed by atoms with van der Waals surface area (Å²) in [5.41, 5.74) is 4.07. The molecule has 2 N–H and O–H groups in total. The van der Waals surface area contributed by atoms with E-state index in [1.807, 2.05) is 24.3 Å². The highest BCUT2D eigenvalue weighted by molar-refractivity contribution is 5.91. The van der Waals surface area contributed by atoms with Gasteiger partial charge in [0.15, 0.2) is 0 Å². The molecular formula is C43H72N4O2. The Morgan fingerprint density at radius 1 is 0.449 bits per heavy atom. The van der Waals surface area contributed by atoms with Crippen LogP contribution in [-0.4, -0.2) is 61.9 Å². The van der Waals surface area contributed by atoms with Crippen molar-refractivity contribution >= 4 is 23.2 Å². The molecule has 0 spiro atoms. The molecule has 0 radical (unpaired) electrons. The first-order chi connectivity index (χ1) is 23.9. The van der Waals surface area contributed by atoms with Crippen molar-refractivity contribution in [1.82, 2.24) is 9.80 Å². The van der Waals surface area contributed by atoms with E-state index in [4.69, 9.17) is 0 Å². The van der Waals surface area contributed by atoms with Crippen molar-refractivity contribution in [2.75, 3.05) is 50.9 Å². The molecule has 0 saturated heterocycles. The third-order valence-corrected chi connectivity index (χ3v) is 9.56. The van der Waals surface area contributed by atoms with E-state index in [2.05, 4.69) is 72.6 Å². The second kappa shape index (κ2) is 28.0. The van der Waals surface area contributed by atoms with Gasteiger partial charge < -0.3 is 20.4 Å². The predicted molar refractivity (Wildman–Crippen MR) is 212 cm³/mol. The van der Waals surface area contributed by atoms with Gasteiger partial charge in [0.05, 0.1) is 0 Å². The maximum Gasteiger partial charge on any atom is 0.224 e. The van der Waals surface area contributed by atoms with Crippen LogP contribution in [0, 0.1) is 0 Å². The molecule has 0 heterocycles. The third kappa shape index (κ3) is 22.6. The Hall–Kier alpha value is -2.70. The van der Waals surface area contributed by atoms with Gasteiger partial charge in [-0.05, 0) is 108 Å². The van der Waals surface area contributed by atoms with Crippen LogP contribution in [0.5, 0.6) is 0 Å². The van der Waals surface area contributed by atoms with E-state index in [1.165, 1.54) is 114 Å². The Kier molecular flexibility index (Phi) is 24.3. The largest absolute Gasteiger partial charge is 0.326 e. The van der Waals surface area contributed by atoms with Crippen molar-refractivity contribution < 1.29 is 9.59 Å². The number of nitrogens with one attached hydrogen (secondary N) is 2. The highest BCUT2D eigenvalue weighted by Crippen LogP contribution is 2.17. The summed E-state index contributed by atoms with van der Waals surface area (Å²) in [5, 5.41) is 6.11. The van der Waals surface area contributed by atoms with Gasteiger partial charge in [-0.15, -0.1) is 0 Å². The highest BCUT2D eigenvalue weighted by atomic mass is 16.2. The summed E-state index contributed by atoms with van der Waals surface area (Å²) in [6.45, 7) is 8.69. The molecule has 0 bridgehead atoms. The minimum Gasteiger partial charge on any atom is -0.326 e. The van der Waals surface area contributed by atoms with Crippen LogP contribution in [0.25, 0.3) is 0 Å². The van der Waals surface area contributed by atoms with Crippen LogP contribution in [0.15, 0.2) is 48.5 Å². The van der Waals surface area contributed by atoms with Crippen molar-refractivity contribution in [2.45, 2.75) is 149 Å². The van der Waals surface area contributed by atoms with Crippen molar-refractivity contribution in [3.63, 3.8) is 0 Å². The topological polar surface area (TPSA) is 64.7 Å². The molecular weight excluding hydrogens is 604 g/mol. The molecule has 0 aliphatic heterocycles. The van der Waals surface area contributed by atoms with Crippen LogP contribution in [-0.2, 0) is 16.0 Å².